The largest absolute Gasteiger partial charge is 0.479 e. The quantitative estimate of drug-likeness (QED) is 0.855. The van der Waals surface area contributed by atoms with Crippen LogP contribution in [-0.4, -0.2) is 24.1 Å². The van der Waals surface area contributed by atoms with E-state index in [4.69, 9.17) is 4.74 Å². The smallest absolute Gasteiger partial charge is 0.330 e. The second kappa shape index (κ2) is 7.75. The van der Waals surface area contributed by atoms with Gasteiger partial charge in [-0.15, -0.1) is 0 Å². The summed E-state index contributed by atoms with van der Waals surface area (Å²) in [6.45, 7) is 3.85. The van der Waals surface area contributed by atoms with Gasteiger partial charge in [0.15, 0.2) is 12.1 Å². The molecule has 2 unspecified atom stereocenters. The van der Waals surface area contributed by atoms with Crippen molar-refractivity contribution in [2.24, 2.45) is 0 Å². The van der Waals surface area contributed by atoms with Gasteiger partial charge < -0.3 is 15.2 Å². The van der Waals surface area contributed by atoms with Crippen LogP contribution < -0.4 is 5.32 Å². The molecule has 2 N–H and O–H groups in total. The highest BCUT2D eigenvalue weighted by molar-refractivity contribution is 5.87. The summed E-state index contributed by atoms with van der Waals surface area (Å²) < 4.78 is 5.25. The van der Waals surface area contributed by atoms with Gasteiger partial charge in [-0.05, 0) is 36.1 Å². The molecule has 0 saturated carbocycles. The number of carbonyl (C=O) groups excluding carboxylic acids is 1. The lowest BCUT2D eigenvalue weighted by Crippen LogP contribution is -2.37. The van der Waals surface area contributed by atoms with Crippen LogP contribution in [0.4, 0.5) is 0 Å². The molecule has 5 nitrogen and oxygen atoms in total. The number of aliphatic carboxylic acids is 1. The van der Waals surface area contributed by atoms with Crippen molar-refractivity contribution in [1.82, 2.24) is 5.32 Å². The van der Waals surface area contributed by atoms with Crippen molar-refractivity contribution in [3.63, 3.8) is 0 Å². The van der Waals surface area contributed by atoms with Crippen molar-refractivity contribution in [2.75, 3.05) is 7.11 Å². The second-order valence-electron chi connectivity index (χ2n) is 5.65. The van der Waals surface area contributed by atoms with Crippen LogP contribution in [0.2, 0.25) is 0 Å². The molecule has 0 saturated heterocycles. The lowest BCUT2D eigenvalue weighted by molar-refractivity contribution is -0.144. The number of hydrogen-bond donors (Lipinski definition) is 2. The molecule has 2 aromatic carbocycles. The van der Waals surface area contributed by atoms with Crippen molar-refractivity contribution in [3.05, 3.63) is 70.8 Å². The fourth-order valence-corrected chi connectivity index (χ4v) is 2.47. The van der Waals surface area contributed by atoms with Gasteiger partial charge in [-0.3, -0.25) is 4.79 Å². The molecule has 0 aliphatic heterocycles. The van der Waals surface area contributed by atoms with Gasteiger partial charge in [0.25, 0.3) is 5.91 Å². The molecule has 0 fully saturated rings. The summed E-state index contributed by atoms with van der Waals surface area (Å²) in [5, 5.41) is 12.1. The maximum atomic E-state index is 12.5. The highest BCUT2D eigenvalue weighted by Gasteiger charge is 2.27. The normalized spacial score (nSPS) is 13.1. The first-order valence-electron chi connectivity index (χ1n) is 7.62. The van der Waals surface area contributed by atoms with Gasteiger partial charge >= 0.3 is 5.97 Å². The zero-order chi connectivity index (χ0) is 17.7. The molecule has 0 bridgehead atoms. The first-order chi connectivity index (χ1) is 11.4. The number of carbonyl (C=O) groups is 2. The van der Waals surface area contributed by atoms with E-state index >= 15 is 0 Å². The first-order valence-corrected chi connectivity index (χ1v) is 7.62. The third-order valence-corrected chi connectivity index (χ3v) is 3.97. The second-order valence-corrected chi connectivity index (χ2v) is 5.65. The summed E-state index contributed by atoms with van der Waals surface area (Å²) in [5.74, 6) is -1.61. The van der Waals surface area contributed by atoms with Crippen LogP contribution in [0.1, 0.15) is 34.4 Å². The minimum absolute atomic E-state index is 0.491. The van der Waals surface area contributed by atoms with Gasteiger partial charge in [0.05, 0.1) is 0 Å². The van der Waals surface area contributed by atoms with Crippen molar-refractivity contribution in [2.45, 2.75) is 26.0 Å². The standard InChI is InChI=1S/C19H21NO4/c1-12-9-10-15(11-13(12)2)16(19(22)23)20-18(21)17(24-3)14-7-5-4-6-8-14/h4-11,16-17H,1-3H3,(H,20,21)(H,22,23). The highest BCUT2D eigenvalue weighted by atomic mass is 16.5. The van der Waals surface area contributed by atoms with E-state index in [9.17, 15) is 14.7 Å². The molecule has 2 rings (SSSR count). The van der Waals surface area contributed by atoms with E-state index in [0.717, 1.165) is 11.1 Å². The molecule has 0 aromatic heterocycles. The average molecular weight is 327 g/mol. The Kier molecular flexibility index (Phi) is 5.71. The van der Waals surface area contributed by atoms with Gasteiger partial charge in [-0.1, -0.05) is 48.5 Å². The topological polar surface area (TPSA) is 75.6 Å². The number of aryl methyl sites for hydroxylation is 2. The van der Waals surface area contributed by atoms with Gasteiger partial charge in [-0.2, -0.15) is 0 Å². The van der Waals surface area contributed by atoms with Crippen LogP contribution in [0.5, 0.6) is 0 Å². The third kappa shape index (κ3) is 4.00. The van der Waals surface area contributed by atoms with Crippen LogP contribution in [0.15, 0.2) is 48.5 Å². The summed E-state index contributed by atoms with van der Waals surface area (Å²) in [4.78, 5) is 24.1. The number of ether oxygens (including phenoxy) is 1. The Morgan fingerprint density at radius 2 is 1.67 bits per heavy atom. The molecule has 24 heavy (non-hydrogen) atoms. The van der Waals surface area contributed by atoms with Crippen molar-refractivity contribution < 1.29 is 19.4 Å². The van der Waals surface area contributed by atoms with E-state index in [1.165, 1.54) is 7.11 Å². The fraction of sp³-hybridized carbons (Fsp3) is 0.263. The van der Waals surface area contributed by atoms with Gasteiger partial charge in [0.2, 0.25) is 0 Å². The van der Waals surface area contributed by atoms with Crippen molar-refractivity contribution >= 4 is 11.9 Å². The highest BCUT2D eigenvalue weighted by Crippen LogP contribution is 2.21. The number of carboxylic acid groups (broad SMARTS) is 1. The molecule has 2 atom stereocenters. The molecule has 0 aliphatic carbocycles. The summed E-state index contributed by atoms with van der Waals surface area (Å²) in [6.07, 6.45) is -0.861. The molecule has 0 radical (unpaired) electrons. The van der Waals surface area contributed by atoms with E-state index in [2.05, 4.69) is 5.32 Å². The minimum Gasteiger partial charge on any atom is -0.479 e. The molecule has 1 amide bonds. The number of amides is 1. The molecular weight excluding hydrogens is 306 g/mol. The van der Waals surface area contributed by atoms with E-state index < -0.39 is 24.0 Å². The SMILES string of the molecule is COC(C(=O)NC(C(=O)O)c1ccc(C)c(C)c1)c1ccccc1. The zero-order valence-corrected chi connectivity index (χ0v) is 13.9. The maximum Gasteiger partial charge on any atom is 0.330 e. The van der Waals surface area contributed by atoms with Crippen molar-refractivity contribution in [1.29, 1.82) is 0 Å². The Bertz CT molecular complexity index is 727. The molecule has 5 heteroatoms. The first kappa shape index (κ1) is 17.7. The average Bonchev–Trinajstić information content (AvgIpc) is 2.57. The summed E-state index contributed by atoms with van der Waals surface area (Å²) >= 11 is 0. The molecule has 0 aliphatic rings. The number of hydrogen-bond acceptors (Lipinski definition) is 3. The van der Waals surface area contributed by atoms with Gasteiger partial charge in [-0.25, -0.2) is 4.79 Å². The fourth-order valence-electron chi connectivity index (χ4n) is 2.47. The van der Waals surface area contributed by atoms with Gasteiger partial charge in [0, 0.05) is 7.11 Å². The summed E-state index contributed by atoms with van der Waals surface area (Å²) in [6, 6.07) is 13.2. The molecule has 0 heterocycles. The van der Waals surface area contributed by atoms with Crippen LogP contribution in [0, 0.1) is 13.8 Å². The van der Waals surface area contributed by atoms with Crippen LogP contribution in [0.25, 0.3) is 0 Å². The summed E-state index contributed by atoms with van der Waals surface area (Å²) in [5.41, 5.74) is 3.23. The Morgan fingerprint density at radius 3 is 2.21 bits per heavy atom. The molecule has 126 valence electrons. The number of nitrogens with one attached hydrogen (secondary N) is 1. The Labute approximate surface area is 141 Å². The zero-order valence-electron chi connectivity index (χ0n) is 13.9. The lowest BCUT2D eigenvalue weighted by atomic mass is 10.0. The molecular formula is C19H21NO4. The lowest BCUT2D eigenvalue weighted by Gasteiger charge is -2.20. The number of benzene rings is 2. The van der Waals surface area contributed by atoms with Gasteiger partial charge in [0.1, 0.15) is 0 Å². The van der Waals surface area contributed by atoms with Crippen LogP contribution in [0.3, 0.4) is 0 Å². The minimum atomic E-state index is -1.13. The van der Waals surface area contributed by atoms with Crippen LogP contribution >= 0.6 is 0 Å². The van der Waals surface area contributed by atoms with Crippen molar-refractivity contribution in [3.8, 4) is 0 Å². The number of rotatable bonds is 6. The Hall–Kier alpha value is -2.66. The predicted molar refractivity (Wildman–Crippen MR) is 90.6 cm³/mol. The van der Waals surface area contributed by atoms with E-state index in [1.54, 1.807) is 36.4 Å². The Balaban J connectivity index is 2.25. The third-order valence-electron chi connectivity index (χ3n) is 3.97. The predicted octanol–water partition coefficient (Wildman–Crippen LogP) is 2.93. The number of carboxylic acids is 1. The molecule has 2 aromatic rings. The molecule has 0 spiro atoms. The number of methoxy groups -OCH3 is 1. The van der Waals surface area contributed by atoms with E-state index in [1.807, 2.05) is 26.0 Å². The maximum absolute atomic E-state index is 12.5. The summed E-state index contributed by atoms with van der Waals surface area (Å²) in [7, 11) is 1.42. The van der Waals surface area contributed by atoms with Crippen LogP contribution in [-0.2, 0) is 14.3 Å². The monoisotopic (exact) mass is 327 g/mol. The van der Waals surface area contributed by atoms with E-state index in [-0.39, 0.29) is 0 Å². The van der Waals surface area contributed by atoms with E-state index in [0.29, 0.717) is 11.1 Å². The Morgan fingerprint density at radius 1 is 1.00 bits per heavy atom.